The van der Waals surface area contributed by atoms with Crippen LogP contribution in [-0.4, -0.2) is 35.1 Å². The van der Waals surface area contributed by atoms with E-state index < -0.39 is 0 Å². The Bertz CT molecular complexity index is 219. The molecule has 88 valence electrons. The molecule has 2 amide bonds. The number of unbranched alkanes of at least 4 members (excludes halogenated alkanes) is 1. The van der Waals surface area contributed by atoms with Crippen molar-refractivity contribution in [3.63, 3.8) is 0 Å². The van der Waals surface area contributed by atoms with E-state index in [4.69, 9.17) is 18.0 Å². The molecule has 5 heteroatoms. The van der Waals surface area contributed by atoms with Gasteiger partial charge in [-0.05, 0) is 20.3 Å². The second-order valence-corrected chi connectivity index (χ2v) is 4.30. The molecule has 0 aliphatic carbocycles. The van der Waals surface area contributed by atoms with Crippen molar-refractivity contribution < 1.29 is 4.79 Å². The van der Waals surface area contributed by atoms with Gasteiger partial charge in [0.2, 0.25) is 0 Å². The van der Waals surface area contributed by atoms with Gasteiger partial charge in [0.25, 0.3) is 0 Å². The quantitative estimate of drug-likeness (QED) is 0.538. The molecule has 0 bridgehead atoms. The van der Waals surface area contributed by atoms with Crippen molar-refractivity contribution in [3.8, 4) is 0 Å². The number of amides is 2. The summed E-state index contributed by atoms with van der Waals surface area (Å²) < 4.78 is 0. The van der Waals surface area contributed by atoms with Crippen LogP contribution in [0.3, 0.4) is 0 Å². The molecule has 15 heavy (non-hydrogen) atoms. The monoisotopic (exact) mass is 231 g/mol. The van der Waals surface area contributed by atoms with Crippen molar-refractivity contribution in [2.45, 2.75) is 39.7 Å². The number of nitrogens with zero attached hydrogens (tertiary/aromatic N) is 1. The molecule has 0 heterocycles. The highest BCUT2D eigenvalue weighted by Crippen LogP contribution is 1.98. The van der Waals surface area contributed by atoms with Gasteiger partial charge in [0.05, 0.1) is 11.5 Å². The van der Waals surface area contributed by atoms with Crippen LogP contribution in [0.15, 0.2) is 0 Å². The first kappa shape index (κ1) is 14.2. The predicted octanol–water partition coefficient (Wildman–Crippen LogP) is 1.49. The Hall–Kier alpha value is -0.840. The van der Waals surface area contributed by atoms with E-state index in [1.807, 2.05) is 13.8 Å². The number of carbonyl (C=O) groups is 1. The minimum atomic E-state index is -0.0914. The molecule has 0 aliphatic heterocycles. The first-order valence-corrected chi connectivity index (χ1v) is 5.72. The molecule has 0 aromatic rings. The summed E-state index contributed by atoms with van der Waals surface area (Å²) in [6, 6.07) is 0.0133. The topological polar surface area (TPSA) is 58.4 Å². The smallest absolute Gasteiger partial charge is 0.318 e. The van der Waals surface area contributed by atoms with E-state index in [2.05, 4.69) is 12.2 Å². The lowest BCUT2D eigenvalue weighted by atomic mass is 10.3. The van der Waals surface area contributed by atoms with Gasteiger partial charge in [0.15, 0.2) is 0 Å². The maximum atomic E-state index is 11.7. The third kappa shape index (κ3) is 6.28. The van der Waals surface area contributed by atoms with Gasteiger partial charge in [-0.2, -0.15) is 0 Å². The van der Waals surface area contributed by atoms with Gasteiger partial charge in [-0.15, -0.1) is 0 Å². The molecule has 0 unspecified atom stereocenters. The Balaban J connectivity index is 4.11. The number of thiocarbonyl (C=S) groups is 1. The average molecular weight is 231 g/mol. The molecule has 0 fully saturated rings. The Morgan fingerprint density at radius 3 is 2.53 bits per heavy atom. The molecule has 0 atom stereocenters. The van der Waals surface area contributed by atoms with Gasteiger partial charge in [0, 0.05) is 12.6 Å². The minimum absolute atomic E-state index is 0.0914. The SMILES string of the molecule is CCCCNC(=O)N(CC(N)=S)C(C)C. The van der Waals surface area contributed by atoms with Crippen molar-refractivity contribution >= 4 is 23.2 Å². The third-order valence-corrected chi connectivity index (χ3v) is 2.15. The third-order valence-electron chi connectivity index (χ3n) is 2.02. The first-order valence-electron chi connectivity index (χ1n) is 5.31. The van der Waals surface area contributed by atoms with Gasteiger partial charge in [-0.1, -0.05) is 25.6 Å². The number of rotatable bonds is 6. The minimum Gasteiger partial charge on any atom is -0.392 e. The molecular weight excluding hydrogens is 210 g/mol. The highest BCUT2D eigenvalue weighted by atomic mass is 32.1. The number of carbonyl (C=O) groups excluding carboxylic acids is 1. The second kappa shape index (κ2) is 7.45. The van der Waals surface area contributed by atoms with Crippen LogP contribution in [0, 0.1) is 0 Å². The average Bonchev–Trinajstić information content (AvgIpc) is 2.13. The molecule has 0 saturated heterocycles. The molecule has 0 aromatic heterocycles. The van der Waals surface area contributed by atoms with Crippen LogP contribution in [0.4, 0.5) is 4.79 Å². The lowest BCUT2D eigenvalue weighted by Gasteiger charge is -2.26. The normalized spacial score (nSPS) is 10.1. The predicted molar refractivity (Wildman–Crippen MR) is 66.9 cm³/mol. The molecule has 0 radical (unpaired) electrons. The number of hydrogen-bond donors (Lipinski definition) is 2. The summed E-state index contributed by atoms with van der Waals surface area (Å²) >= 11 is 4.80. The fraction of sp³-hybridized carbons (Fsp3) is 0.800. The van der Waals surface area contributed by atoms with Gasteiger partial charge in [0.1, 0.15) is 0 Å². The molecule has 0 aliphatic rings. The second-order valence-electron chi connectivity index (χ2n) is 3.77. The summed E-state index contributed by atoms with van der Waals surface area (Å²) in [5, 5.41) is 2.84. The summed E-state index contributed by atoms with van der Waals surface area (Å²) in [6.07, 6.45) is 2.06. The standard InChI is InChI=1S/C10H21N3OS/c1-4-5-6-12-10(14)13(8(2)3)7-9(11)15/h8H,4-7H2,1-3H3,(H2,11,15)(H,12,14). The molecule has 0 rings (SSSR count). The van der Waals surface area contributed by atoms with Crippen molar-refractivity contribution in [1.29, 1.82) is 0 Å². The number of nitrogens with one attached hydrogen (secondary N) is 1. The Morgan fingerprint density at radius 2 is 2.13 bits per heavy atom. The van der Waals surface area contributed by atoms with E-state index in [0.717, 1.165) is 12.8 Å². The van der Waals surface area contributed by atoms with Crippen molar-refractivity contribution in [3.05, 3.63) is 0 Å². The van der Waals surface area contributed by atoms with Crippen LogP contribution in [-0.2, 0) is 0 Å². The molecule has 0 saturated carbocycles. The lowest BCUT2D eigenvalue weighted by molar-refractivity contribution is 0.192. The summed E-state index contributed by atoms with van der Waals surface area (Å²) in [5.41, 5.74) is 5.43. The van der Waals surface area contributed by atoms with Crippen molar-refractivity contribution in [2.24, 2.45) is 5.73 Å². The largest absolute Gasteiger partial charge is 0.392 e. The molecule has 3 N–H and O–H groups in total. The summed E-state index contributed by atoms with van der Waals surface area (Å²) in [4.78, 5) is 13.7. The van der Waals surface area contributed by atoms with E-state index in [1.165, 1.54) is 0 Å². The molecule has 0 spiro atoms. The van der Waals surface area contributed by atoms with Crippen LogP contribution in [0.25, 0.3) is 0 Å². The van der Waals surface area contributed by atoms with Gasteiger partial charge in [-0.25, -0.2) is 4.79 Å². The Morgan fingerprint density at radius 1 is 1.53 bits per heavy atom. The zero-order chi connectivity index (χ0) is 11.8. The van der Waals surface area contributed by atoms with Gasteiger partial charge >= 0.3 is 6.03 Å². The zero-order valence-electron chi connectivity index (χ0n) is 9.75. The summed E-state index contributed by atoms with van der Waals surface area (Å²) in [7, 11) is 0. The maximum absolute atomic E-state index is 11.7. The van der Waals surface area contributed by atoms with Crippen LogP contribution < -0.4 is 11.1 Å². The van der Waals surface area contributed by atoms with Crippen LogP contribution >= 0.6 is 12.2 Å². The highest BCUT2D eigenvalue weighted by Gasteiger charge is 2.16. The molecular formula is C10H21N3OS. The van der Waals surface area contributed by atoms with E-state index in [0.29, 0.717) is 18.1 Å². The Kier molecular flexibility index (Phi) is 7.03. The summed E-state index contributed by atoms with van der Waals surface area (Å²) in [5.74, 6) is 0. The van der Waals surface area contributed by atoms with Crippen LogP contribution in [0.5, 0.6) is 0 Å². The van der Waals surface area contributed by atoms with Crippen molar-refractivity contribution in [1.82, 2.24) is 10.2 Å². The van der Waals surface area contributed by atoms with E-state index in [9.17, 15) is 4.79 Å². The van der Waals surface area contributed by atoms with E-state index in [1.54, 1.807) is 4.90 Å². The van der Waals surface area contributed by atoms with E-state index in [-0.39, 0.29) is 12.1 Å². The van der Waals surface area contributed by atoms with E-state index >= 15 is 0 Å². The summed E-state index contributed by atoms with van der Waals surface area (Å²) in [6.45, 7) is 7.01. The molecule has 0 aromatic carbocycles. The fourth-order valence-corrected chi connectivity index (χ4v) is 1.27. The van der Waals surface area contributed by atoms with Crippen LogP contribution in [0.2, 0.25) is 0 Å². The number of hydrogen-bond acceptors (Lipinski definition) is 2. The fourth-order valence-electron chi connectivity index (χ4n) is 1.13. The number of nitrogens with two attached hydrogens (primary N) is 1. The molecule has 4 nitrogen and oxygen atoms in total. The highest BCUT2D eigenvalue weighted by molar-refractivity contribution is 7.80. The van der Waals surface area contributed by atoms with Crippen LogP contribution in [0.1, 0.15) is 33.6 Å². The zero-order valence-corrected chi connectivity index (χ0v) is 10.6. The van der Waals surface area contributed by atoms with Gasteiger partial charge < -0.3 is 16.0 Å². The number of urea groups is 1. The lowest BCUT2D eigenvalue weighted by Crippen LogP contribution is -2.47. The van der Waals surface area contributed by atoms with Gasteiger partial charge in [-0.3, -0.25) is 0 Å². The Labute approximate surface area is 97.2 Å². The maximum Gasteiger partial charge on any atom is 0.318 e. The first-order chi connectivity index (χ1) is 6.99. The van der Waals surface area contributed by atoms with Crippen molar-refractivity contribution in [2.75, 3.05) is 13.1 Å².